The SMILES string of the molecule is Nc1ccc2oc(-c3cccnc3)nc2c1. The van der Waals surface area contributed by atoms with Gasteiger partial charge < -0.3 is 10.2 Å². The minimum Gasteiger partial charge on any atom is -0.436 e. The van der Waals surface area contributed by atoms with E-state index in [2.05, 4.69) is 9.97 Å². The van der Waals surface area contributed by atoms with E-state index in [0.717, 1.165) is 16.7 Å². The second-order valence-electron chi connectivity index (χ2n) is 3.49. The average molecular weight is 211 g/mol. The topological polar surface area (TPSA) is 64.9 Å². The van der Waals surface area contributed by atoms with E-state index in [4.69, 9.17) is 10.2 Å². The molecule has 2 N–H and O–H groups in total. The number of oxazole rings is 1. The molecule has 16 heavy (non-hydrogen) atoms. The van der Waals surface area contributed by atoms with E-state index in [1.807, 2.05) is 18.2 Å². The number of hydrogen-bond donors (Lipinski definition) is 1. The van der Waals surface area contributed by atoms with E-state index < -0.39 is 0 Å². The number of nitrogens with two attached hydrogens (primary N) is 1. The van der Waals surface area contributed by atoms with Crippen molar-refractivity contribution in [1.82, 2.24) is 9.97 Å². The summed E-state index contributed by atoms with van der Waals surface area (Å²) in [6, 6.07) is 9.15. The van der Waals surface area contributed by atoms with E-state index in [-0.39, 0.29) is 0 Å². The lowest BCUT2D eigenvalue weighted by atomic mass is 10.3. The Morgan fingerprint density at radius 1 is 1.19 bits per heavy atom. The van der Waals surface area contributed by atoms with Crippen LogP contribution in [0, 0.1) is 0 Å². The third-order valence-electron chi connectivity index (χ3n) is 2.32. The lowest BCUT2D eigenvalue weighted by Crippen LogP contribution is -1.82. The van der Waals surface area contributed by atoms with Crippen molar-refractivity contribution in [2.24, 2.45) is 0 Å². The molecule has 0 amide bonds. The van der Waals surface area contributed by atoms with Gasteiger partial charge in [-0.2, -0.15) is 0 Å². The van der Waals surface area contributed by atoms with Crippen LogP contribution in [0.15, 0.2) is 47.1 Å². The van der Waals surface area contributed by atoms with Crippen LogP contribution >= 0.6 is 0 Å². The van der Waals surface area contributed by atoms with Crippen molar-refractivity contribution in [3.63, 3.8) is 0 Å². The Morgan fingerprint density at radius 2 is 2.12 bits per heavy atom. The Hall–Kier alpha value is -2.36. The van der Waals surface area contributed by atoms with Crippen LogP contribution in [0.25, 0.3) is 22.6 Å². The average Bonchev–Trinajstić information content (AvgIpc) is 2.73. The molecule has 0 radical (unpaired) electrons. The molecule has 0 aliphatic carbocycles. The molecule has 0 atom stereocenters. The Balaban J connectivity index is 2.19. The van der Waals surface area contributed by atoms with Crippen LogP contribution in [0.2, 0.25) is 0 Å². The molecular weight excluding hydrogens is 202 g/mol. The number of rotatable bonds is 1. The number of benzene rings is 1. The Labute approximate surface area is 91.7 Å². The lowest BCUT2D eigenvalue weighted by molar-refractivity contribution is 0.619. The van der Waals surface area contributed by atoms with Crippen molar-refractivity contribution in [3.05, 3.63) is 42.7 Å². The first-order valence-corrected chi connectivity index (χ1v) is 4.89. The number of nitrogens with zero attached hydrogens (tertiary/aromatic N) is 2. The molecule has 2 aromatic heterocycles. The molecule has 0 fully saturated rings. The first-order chi connectivity index (χ1) is 7.83. The molecule has 0 aliphatic heterocycles. The van der Waals surface area contributed by atoms with Crippen molar-refractivity contribution < 1.29 is 4.42 Å². The molecular formula is C12H9N3O. The van der Waals surface area contributed by atoms with Gasteiger partial charge in [0.2, 0.25) is 5.89 Å². The Bertz CT molecular complexity index is 631. The van der Waals surface area contributed by atoms with Gasteiger partial charge in [0.25, 0.3) is 0 Å². The van der Waals surface area contributed by atoms with Crippen LogP contribution in [-0.2, 0) is 0 Å². The van der Waals surface area contributed by atoms with Gasteiger partial charge in [-0.3, -0.25) is 4.98 Å². The molecule has 2 heterocycles. The smallest absolute Gasteiger partial charge is 0.228 e. The van der Waals surface area contributed by atoms with E-state index >= 15 is 0 Å². The molecule has 0 saturated carbocycles. The summed E-state index contributed by atoms with van der Waals surface area (Å²) in [5.41, 5.74) is 8.71. The van der Waals surface area contributed by atoms with Gasteiger partial charge in [0.15, 0.2) is 5.58 Å². The van der Waals surface area contributed by atoms with Gasteiger partial charge in [-0.25, -0.2) is 4.98 Å². The maximum Gasteiger partial charge on any atom is 0.228 e. The molecule has 78 valence electrons. The first-order valence-electron chi connectivity index (χ1n) is 4.89. The number of anilines is 1. The van der Waals surface area contributed by atoms with Crippen molar-refractivity contribution in [2.45, 2.75) is 0 Å². The monoisotopic (exact) mass is 211 g/mol. The van der Waals surface area contributed by atoms with E-state index in [1.165, 1.54) is 0 Å². The van der Waals surface area contributed by atoms with Crippen molar-refractivity contribution in [3.8, 4) is 11.5 Å². The number of nitrogen functional groups attached to an aromatic ring is 1. The zero-order chi connectivity index (χ0) is 11.0. The van der Waals surface area contributed by atoms with Gasteiger partial charge in [0, 0.05) is 18.1 Å². The van der Waals surface area contributed by atoms with Gasteiger partial charge in [-0.1, -0.05) is 0 Å². The number of aromatic nitrogens is 2. The van der Waals surface area contributed by atoms with Gasteiger partial charge in [-0.05, 0) is 30.3 Å². The fourth-order valence-electron chi connectivity index (χ4n) is 1.56. The minimum atomic E-state index is 0.564. The maximum absolute atomic E-state index is 5.68. The maximum atomic E-state index is 5.68. The van der Waals surface area contributed by atoms with Crippen molar-refractivity contribution in [1.29, 1.82) is 0 Å². The summed E-state index contributed by atoms with van der Waals surface area (Å²) in [7, 11) is 0. The highest BCUT2D eigenvalue weighted by atomic mass is 16.3. The molecule has 3 rings (SSSR count). The van der Waals surface area contributed by atoms with E-state index in [0.29, 0.717) is 11.6 Å². The highest BCUT2D eigenvalue weighted by Crippen LogP contribution is 2.24. The largest absolute Gasteiger partial charge is 0.436 e. The highest BCUT2D eigenvalue weighted by Gasteiger charge is 2.07. The summed E-state index contributed by atoms with van der Waals surface area (Å²) in [6.45, 7) is 0. The van der Waals surface area contributed by atoms with Gasteiger partial charge >= 0.3 is 0 Å². The first kappa shape index (κ1) is 8.91. The zero-order valence-corrected chi connectivity index (χ0v) is 8.42. The van der Waals surface area contributed by atoms with Crippen LogP contribution in [0.3, 0.4) is 0 Å². The predicted molar refractivity (Wildman–Crippen MR) is 61.7 cm³/mol. The summed E-state index contributed by atoms with van der Waals surface area (Å²) in [4.78, 5) is 8.38. The summed E-state index contributed by atoms with van der Waals surface area (Å²) in [5, 5.41) is 0. The van der Waals surface area contributed by atoms with Crippen LogP contribution in [0.5, 0.6) is 0 Å². The van der Waals surface area contributed by atoms with Crippen molar-refractivity contribution >= 4 is 16.8 Å². The third-order valence-corrected chi connectivity index (χ3v) is 2.32. The molecule has 0 saturated heterocycles. The molecule has 4 heteroatoms. The number of pyridine rings is 1. The molecule has 0 spiro atoms. The number of hydrogen-bond acceptors (Lipinski definition) is 4. The Kier molecular flexibility index (Phi) is 1.86. The highest BCUT2D eigenvalue weighted by molar-refractivity contribution is 5.79. The van der Waals surface area contributed by atoms with Gasteiger partial charge in [0.1, 0.15) is 5.52 Å². The summed E-state index contributed by atoms with van der Waals surface area (Å²) >= 11 is 0. The van der Waals surface area contributed by atoms with E-state index in [1.54, 1.807) is 24.5 Å². The second kappa shape index (κ2) is 3.34. The minimum absolute atomic E-state index is 0.564. The lowest BCUT2D eigenvalue weighted by Gasteiger charge is -1.90. The molecule has 0 bridgehead atoms. The fraction of sp³-hybridized carbons (Fsp3) is 0. The van der Waals surface area contributed by atoms with Crippen LogP contribution in [0.1, 0.15) is 0 Å². The normalized spacial score (nSPS) is 10.8. The van der Waals surface area contributed by atoms with E-state index in [9.17, 15) is 0 Å². The van der Waals surface area contributed by atoms with Crippen LogP contribution in [-0.4, -0.2) is 9.97 Å². The van der Waals surface area contributed by atoms with Crippen molar-refractivity contribution in [2.75, 3.05) is 5.73 Å². The van der Waals surface area contributed by atoms with Gasteiger partial charge in [0.05, 0.1) is 5.56 Å². The molecule has 0 aliphatic rings. The quantitative estimate of drug-likeness (QED) is 0.628. The fourth-order valence-corrected chi connectivity index (χ4v) is 1.56. The third kappa shape index (κ3) is 1.40. The standard InChI is InChI=1S/C12H9N3O/c13-9-3-4-11-10(6-9)15-12(16-11)8-2-1-5-14-7-8/h1-7H,13H2. The second-order valence-corrected chi connectivity index (χ2v) is 3.49. The molecule has 3 aromatic rings. The van der Waals surface area contributed by atoms with Gasteiger partial charge in [-0.15, -0.1) is 0 Å². The summed E-state index contributed by atoms with van der Waals surface area (Å²) in [5.74, 6) is 0.564. The number of fused-ring (bicyclic) bond motifs is 1. The zero-order valence-electron chi connectivity index (χ0n) is 8.42. The van der Waals surface area contributed by atoms with Crippen LogP contribution in [0.4, 0.5) is 5.69 Å². The summed E-state index contributed by atoms with van der Waals surface area (Å²) < 4.78 is 5.60. The predicted octanol–water partition coefficient (Wildman–Crippen LogP) is 2.47. The molecule has 4 nitrogen and oxygen atoms in total. The summed E-state index contributed by atoms with van der Waals surface area (Å²) in [6.07, 6.45) is 3.43. The molecule has 1 aromatic carbocycles. The van der Waals surface area contributed by atoms with Crippen LogP contribution < -0.4 is 5.73 Å². The molecule has 0 unspecified atom stereocenters. The Morgan fingerprint density at radius 3 is 2.94 bits per heavy atom.